The molecule has 0 saturated heterocycles. The molecule has 1 atom stereocenters. The van der Waals surface area contributed by atoms with Gasteiger partial charge in [0.25, 0.3) is 0 Å². The number of carbonyl (C=O) groups is 1. The predicted molar refractivity (Wildman–Crippen MR) is 80.5 cm³/mol. The minimum absolute atomic E-state index is 0.130. The Balaban J connectivity index is 2.84. The smallest absolute Gasteiger partial charge is 0.242 e. The molecule has 0 fully saturated rings. The van der Waals surface area contributed by atoms with Gasteiger partial charge in [-0.2, -0.15) is 0 Å². The summed E-state index contributed by atoms with van der Waals surface area (Å²) in [4.78, 5) is 13.9. The highest BCUT2D eigenvalue weighted by molar-refractivity contribution is 5.81. The fourth-order valence-electron chi connectivity index (χ4n) is 2.03. The van der Waals surface area contributed by atoms with Crippen molar-refractivity contribution in [2.45, 2.75) is 19.5 Å². The van der Waals surface area contributed by atoms with Gasteiger partial charge in [0.1, 0.15) is 6.04 Å². The van der Waals surface area contributed by atoms with E-state index in [1.165, 1.54) is 7.11 Å². The molecule has 0 radical (unpaired) electrons. The van der Waals surface area contributed by atoms with Gasteiger partial charge in [0.15, 0.2) is 11.5 Å². The number of carbonyl (C=O) groups excluding carboxylic acids is 1. The second kappa shape index (κ2) is 8.49. The van der Waals surface area contributed by atoms with E-state index in [1.807, 2.05) is 25.1 Å². The lowest BCUT2D eigenvalue weighted by atomic mass is 10.1. The summed E-state index contributed by atoms with van der Waals surface area (Å²) in [5, 5.41) is 0. The summed E-state index contributed by atoms with van der Waals surface area (Å²) in [6.45, 7) is 3.16. The average Bonchev–Trinajstić information content (AvgIpc) is 2.51. The highest BCUT2D eigenvalue weighted by Crippen LogP contribution is 2.28. The van der Waals surface area contributed by atoms with Crippen LogP contribution < -0.4 is 15.2 Å². The Labute approximate surface area is 125 Å². The molecule has 1 rings (SSSR count). The number of likely N-dealkylation sites (N-methyl/N-ethyl adjacent to an activating group) is 1. The molecule has 0 aliphatic heterocycles. The van der Waals surface area contributed by atoms with Gasteiger partial charge < -0.3 is 24.8 Å². The van der Waals surface area contributed by atoms with Crippen molar-refractivity contribution in [1.29, 1.82) is 0 Å². The maximum atomic E-state index is 12.2. The zero-order chi connectivity index (χ0) is 15.8. The number of nitrogens with two attached hydrogens (primary N) is 1. The molecule has 6 nitrogen and oxygen atoms in total. The molecule has 0 heterocycles. The van der Waals surface area contributed by atoms with Crippen molar-refractivity contribution in [2.75, 3.05) is 34.5 Å². The SMILES string of the molecule is CCN(Cc1ccc(OC)c(OC)c1)C(=O)C(N)COC. The van der Waals surface area contributed by atoms with Crippen molar-refractivity contribution >= 4 is 5.91 Å². The van der Waals surface area contributed by atoms with Gasteiger partial charge in [-0.25, -0.2) is 0 Å². The predicted octanol–water partition coefficient (Wildman–Crippen LogP) is 1.03. The normalized spacial score (nSPS) is 11.9. The van der Waals surface area contributed by atoms with Crippen LogP contribution in [0.15, 0.2) is 18.2 Å². The largest absolute Gasteiger partial charge is 0.493 e. The molecular weight excluding hydrogens is 272 g/mol. The standard InChI is InChI=1S/C15H24N2O4/c1-5-17(15(18)12(16)10-19-2)9-11-6-7-13(20-3)14(8-11)21-4/h6-8,12H,5,9-10,16H2,1-4H3. The summed E-state index contributed by atoms with van der Waals surface area (Å²) < 4.78 is 15.4. The van der Waals surface area contributed by atoms with Crippen molar-refractivity contribution in [1.82, 2.24) is 4.90 Å². The van der Waals surface area contributed by atoms with Crippen molar-refractivity contribution in [2.24, 2.45) is 5.73 Å². The first-order valence-corrected chi connectivity index (χ1v) is 6.81. The molecule has 0 aliphatic carbocycles. The highest BCUT2D eigenvalue weighted by atomic mass is 16.5. The van der Waals surface area contributed by atoms with Crippen LogP contribution in [0, 0.1) is 0 Å². The van der Waals surface area contributed by atoms with Crippen LogP contribution in [-0.2, 0) is 16.1 Å². The van der Waals surface area contributed by atoms with Gasteiger partial charge in [-0.1, -0.05) is 6.07 Å². The Morgan fingerprint density at radius 2 is 1.90 bits per heavy atom. The number of nitrogens with zero attached hydrogens (tertiary/aromatic N) is 1. The molecule has 0 aromatic heterocycles. The first-order chi connectivity index (χ1) is 10.1. The van der Waals surface area contributed by atoms with E-state index < -0.39 is 6.04 Å². The van der Waals surface area contributed by atoms with Crippen LogP contribution in [0.2, 0.25) is 0 Å². The molecule has 6 heteroatoms. The van der Waals surface area contributed by atoms with Gasteiger partial charge in [-0.05, 0) is 24.6 Å². The lowest BCUT2D eigenvalue weighted by Gasteiger charge is -2.24. The van der Waals surface area contributed by atoms with Crippen molar-refractivity contribution in [3.63, 3.8) is 0 Å². The quantitative estimate of drug-likeness (QED) is 0.775. The number of benzene rings is 1. The molecule has 1 unspecified atom stereocenters. The molecule has 2 N–H and O–H groups in total. The Bertz CT molecular complexity index is 465. The average molecular weight is 296 g/mol. The molecule has 0 saturated carbocycles. The third-order valence-electron chi connectivity index (χ3n) is 3.18. The Morgan fingerprint density at radius 3 is 2.43 bits per heavy atom. The first-order valence-electron chi connectivity index (χ1n) is 6.81. The number of amides is 1. The van der Waals surface area contributed by atoms with Crippen LogP contribution in [0.1, 0.15) is 12.5 Å². The van der Waals surface area contributed by atoms with Crippen molar-refractivity contribution in [3.8, 4) is 11.5 Å². The van der Waals surface area contributed by atoms with E-state index in [0.717, 1.165) is 5.56 Å². The minimum Gasteiger partial charge on any atom is -0.493 e. The maximum Gasteiger partial charge on any atom is 0.242 e. The number of rotatable bonds is 8. The first kappa shape index (κ1) is 17.3. The fourth-order valence-corrected chi connectivity index (χ4v) is 2.03. The van der Waals surface area contributed by atoms with Gasteiger partial charge in [0, 0.05) is 20.2 Å². The molecule has 0 aliphatic rings. The molecule has 118 valence electrons. The summed E-state index contributed by atoms with van der Waals surface area (Å²) in [6.07, 6.45) is 0. The topological polar surface area (TPSA) is 74.0 Å². The lowest BCUT2D eigenvalue weighted by Crippen LogP contribution is -2.45. The minimum atomic E-state index is -0.643. The van der Waals surface area contributed by atoms with Crippen molar-refractivity contribution in [3.05, 3.63) is 23.8 Å². The summed E-state index contributed by atoms with van der Waals surface area (Å²) >= 11 is 0. The van der Waals surface area contributed by atoms with Crippen LogP contribution in [-0.4, -0.2) is 51.3 Å². The molecule has 0 bridgehead atoms. The second-order valence-electron chi connectivity index (χ2n) is 4.60. The third kappa shape index (κ3) is 4.61. The molecule has 1 aromatic rings. The van der Waals surface area contributed by atoms with Gasteiger partial charge in [-0.3, -0.25) is 4.79 Å². The maximum absolute atomic E-state index is 12.2. The van der Waals surface area contributed by atoms with Gasteiger partial charge >= 0.3 is 0 Å². The molecule has 21 heavy (non-hydrogen) atoms. The van der Waals surface area contributed by atoms with Crippen molar-refractivity contribution < 1.29 is 19.0 Å². The zero-order valence-electron chi connectivity index (χ0n) is 13.1. The zero-order valence-corrected chi connectivity index (χ0v) is 13.1. The molecule has 1 amide bonds. The molecular formula is C15H24N2O4. The highest BCUT2D eigenvalue weighted by Gasteiger charge is 2.20. The van der Waals surface area contributed by atoms with Crippen LogP contribution in [0.25, 0.3) is 0 Å². The number of ether oxygens (including phenoxy) is 3. The number of methoxy groups -OCH3 is 3. The summed E-state index contributed by atoms with van der Waals surface area (Å²) in [5.41, 5.74) is 6.75. The van der Waals surface area contributed by atoms with Crippen LogP contribution in [0.4, 0.5) is 0 Å². The van der Waals surface area contributed by atoms with E-state index in [1.54, 1.807) is 19.1 Å². The molecule has 0 spiro atoms. The third-order valence-corrected chi connectivity index (χ3v) is 3.18. The van der Waals surface area contributed by atoms with E-state index in [9.17, 15) is 4.79 Å². The van der Waals surface area contributed by atoms with Gasteiger partial charge in [0.2, 0.25) is 5.91 Å². The second-order valence-corrected chi connectivity index (χ2v) is 4.60. The van der Waals surface area contributed by atoms with Gasteiger partial charge in [0.05, 0.1) is 20.8 Å². The van der Waals surface area contributed by atoms with Gasteiger partial charge in [-0.15, -0.1) is 0 Å². The van der Waals surface area contributed by atoms with Crippen LogP contribution in [0.5, 0.6) is 11.5 Å². The van der Waals surface area contributed by atoms with E-state index in [2.05, 4.69) is 0 Å². The summed E-state index contributed by atoms with van der Waals surface area (Å²) in [6, 6.07) is 4.94. The lowest BCUT2D eigenvalue weighted by molar-refractivity contribution is -0.134. The fraction of sp³-hybridized carbons (Fsp3) is 0.533. The Kier molecular flexibility index (Phi) is 6.98. The van der Waals surface area contributed by atoms with E-state index in [0.29, 0.717) is 24.6 Å². The van der Waals surface area contributed by atoms with E-state index in [-0.39, 0.29) is 12.5 Å². The molecule has 1 aromatic carbocycles. The van der Waals surface area contributed by atoms with E-state index >= 15 is 0 Å². The van der Waals surface area contributed by atoms with Crippen LogP contribution in [0.3, 0.4) is 0 Å². The Hall–Kier alpha value is -1.79. The summed E-state index contributed by atoms with van der Waals surface area (Å²) in [7, 11) is 4.69. The van der Waals surface area contributed by atoms with Crippen LogP contribution >= 0.6 is 0 Å². The number of hydrogen-bond acceptors (Lipinski definition) is 5. The summed E-state index contributed by atoms with van der Waals surface area (Å²) in [5.74, 6) is 1.17. The van der Waals surface area contributed by atoms with E-state index in [4.69, 9.17) is 19.9 Å². The monoisotopic (exact) mass is 296 g/mol. The number of hydrogen-bond donors (Lipinski definition) is 1. The Morgan fingerprint density at radius 1 is 1.24 bits per heavy atom.